The van der Waals surface area contributed by atoms with Gasteiger partial charge in [-0.1, -0.05) is 0 Å². The second kappa shape index (κ2) is 6.17. The molecule has 1 aromatic carbocycles. The van der Waals surface area contributed by atoms with Crippen LogP contribution in [0, 0.1) is 13.8 Å². The summed E-state index contributed by atoms with van der Waals surface area (Å²) in [5.74, 6) is 0.516. The molecule has 0 amide bonds. The lowest BCUT2D eigenvalue weighted by Crippen LogP contribution is -2.32. The fourth-order valence-corrected chi connectivity index (χ4v) is 3.75. The minimum absolute atomic E-state index is 0.516. The van der Waals surface area contributed by atoms with Crippen LogP contribution >= 0.6 is 0 Å². The second-order valence-corrected chi connectivity index (χ2v) is 6.63. The van der Waals surface area contributed by atoms with Gasteiger partial charge in [-0.25, -0.2) is 0 Å². The highest BCUT2D eigenvalue weighted by Crippen LogP contribution is 2.43. The highest BCUT2D eigenvalue weighted by atomic mass is 16.3. The van der Waals surface area contributed by atoms with E-state index in [9.17, 15) is 5.11 Å². The van der Waals surface area contributed by atoms with Crippen LogP contribution in [-0.2, 0) is 0 Å². The van der Waals surface area contributed by atoms with Gasteiger partial charge in [0.05, 0.1) is 11.4 Å². The van der Waals surface area contributed by atoms with Gasteiger partial charge in [-0.15, -0.1) is 0 Å². The molecule has 0 radical (unpaired) electrons. The van der Waals surface area contributed by atoms with E-state index in [1.165, 1.54) is 49.7 Å². The van der Waals surface area contributed by atoms with Gasteiger partial charge in [-0.3, -0.25) is 0 Å². The van der Waals surface area contributed by atoms with Crippen LogP contribution in [0.5, 0.6) is 5.75 Å². The van der Waals surface area contributed by atoms with Gasteiger partial charge in [0.25, 0.3) is 0 Å². The molecule has 2 heterocycles. The summed E-state index contributed by atoms with van der Waals surface area (Å²) in [7, 11) is 0. The molecule has 3 heteroatoms. The summed E-state index contributed by atoms with van der Waals surface area (Å²) in [5.41, 5.74) is 4.69. The summed E-state index contributed by atoms with van der Waals surface area (Å²) in [6.07, 6.45) is 7.61. The van der Waals surface area contributed by atoms with Crippen LogP contribution in [0.25, 0.3) is 0 Å². The number of piperidine rings is 2. The molecule has 0 aromatic heterocycles. The van der Waals surface area contributed by atoms with Crippen LogP contribution in [0.1, 0.15) is 49.7 Å². The Kier molecular flexibility index (Phi) is 4.27. The molecule has 2 aliphatic rings. The van der Waals surface area contributed by atoms with Crippen molar-refractivity contribution >= 4 is 11.4 Å². The third kappa shape index (κ3) is 2.83. The first-order valence-corrected chi connectivity index (χ1v) is 8.51. The number of rotatable bonds is 2. The van der Waals surface area contributed by atoms with E-state index >= 15 is 0 Å². The third-order valence-corrected chi connectivity index (χ3v) is 5.14. The summed E-state index contributed by atoms with van der Waals surface area (Å²) in [4.78, 5) is 4.77. The second-order valence-electron chi connectivity index (χ2n) is 6.63. The molecule has 0 aliphatic carbocycles. The van der Waals surface area contributed by atoms with E-state index in [-0.39, 0.29) is 0 Å². The van der Waals surface area contributed by atoms with Crippen LogP contribution < -0.4 is 9.80 Å². The maximum absolute atomic E-state index is 10.9. The number of phenolic OH excluding ortho intramolecular Hbond substituents is 1. The van der Waals surface area contributed by atoms with Crippen molar-refractivity contribution in [2.24, 2.45) is 0 Å². The Bertz CT molecular complexity index is 500. The molecule has 0 bridgehead atoms. The van der Waals surface area contributed by atoms with E-state index < -0.39 is 0 Å². The summed E-state index contributed by atoms with van der Waals surface area (Å²) in [5, 5.41) is 10.9. The van der Waals surface area contributed by atoms with Crippen molar-refractivity contribution in [1.82, 2.24) is 0 Å². The molecule has 0 unspecified atom stereocenters. The lowest BCUT2D eigenvalue weighted by molar-refractivity contribution is 0.463. The number of aromatic hydroxyl groups is 1. The number of benzene rings is 1. The lowest BCUT2D eigenvalue weighted by atomic mass is 10.0. The van der Waals surface area contributed by atoms with Crippen molar-refractivity contribution in [3.63, 3.8) is 0 Å². The van der Waals surface area contributed by atoms with Crippen LogP contribution in [0.2, 0.25) is 0 Å². The standard InChI is InChI=1S/C18H28N2O/c1-14-13-16(19-9-5-3-6-10-19)18(21)17(15(14)2)20-11-7-4-8-12-20/h13,21H,3-12H2,1-2H3. The Morgan fingerprint density at radius 3 is 1.90 bits per heavy atom. The Balaban J connectivity index is 1.99. The quantitative estimate of drug-likeness (QED) is 0.891. The van der Waals surface area contributed by atoms with Crippen LogP contribution in [0.4, 0.5) is 11.4 Å². The van der Waals surface area contributed by atoms with E-state index in [2.05, 4.69) is 29.7 Å². The molecule has 2 fully saturated rings. The number of hydrogen-bond donors (Lipinski definition) is 1. The first-order chi connectivity index (χ1) is 10.2. The van der Waals surface area contributed by atoms with Gasteiger partial charge in [0.1, 0.15) is 0 Å². The third-order valence-electron chi connectivity index (χ3n) is 5.14. The number of nitrogens with zero attached hydrogens (tertiary/aromatic N) is 2. The monoisotopic (exact) mass is 288 g/mol. The molecule has 2 saturated heterocycles. The number of phenols is 1. The van der Waals surface area contributed by atoms with Crippen molar-refractivity contribution < 1.29 is 5.11 Å². The predicted octanol–water partition coefficient (Wildman–Crippen LogP) is 3.99. The van der Waals surface area contributed by atoms with Gasteiger partial charge < -0.3 is 14.9 Å². The predicted molar refractivity (Wildman–Crippen MR) is 89.7 cm³/mol. The van der Waals surface area contributed by atoms with Gasteiger partial charge >= 0.3 is 0 Å². The van der Waals surface area contributed by atoms with Crippen LogP contribution in [0.15, 0.2) is 6.07 Å². The molecule has 21 heavy (non-hydrogen) atoms. The molecule has 3 nitrogen and oxygen atoms in total. The van der Waals surface area contributed by atoms with E-state index in [0.717, 1.165) is 37.6 Å². The van der Waals surface area contributed by atoms with E-state index in [0.29, 0.717) is 5.75 Å². The van der Waals surface area contributed by atoms with Crippen molar-refractivity contribution in [2.45, 2.75) is 52.4 Å². The van der Waals surface area contributed by atoms with Crippen molar-refractivity contribution in [3.05, 3.63) is 17.2 Å². The molecular formula is C18H28N2O. The van der Waals surface area contributed by atoms with Crippen LogP contribution in [-0.4, -0.2) is 31.3 Å². The normalized spacial score (nSPS) is 19.9. The molecule has 0 spiro atoms. The van der Waals surface area contributed by atoms with Gasteiger partial charge in [0, 0.05) is 26.2 Å². The summed E-state index contributed by atoms with van der Waals surface area (Å²) < 4.78 is 0. The van der Waals surface area contributed by atoms with Crippen molar-refractivity contribution in [2.75, 3.05) is 36.0 Å². The van der Waals surface area contributed by atoms with Gasteiger partial charge in [0.2, 0.25) is 0 Å². The first kappa shape index (κ1) is 14.6. The Morgan fingerprint density at radius 1 is 0.810 bits per heavy atom. The van der Waals surface area contributed by atoms with Gasteiger partial charge in [-0.05, 0) is 69.6 Å². The lowest BCUT2D eigenvalue weighted by Gasteiger charge is -2.35. The van der Waals surface area contributed by atoms with E-state index in [4.69, 9.17) is 0 Å². The molecular weight excluding hydrogens is 260 g/mol. The fourth-order valence-electron chi connectivity index (χ4n) is 3.75. The van der Waals surface area contributed by atoms with Gasteiger partial charge in [-0.2, -0.15) is 0 Å². The molecule has 0 atom stereocenters. The Hall–Kier alpha value is -1.38. The number of anilines is 2. The summed E-state index contributed by atoms with van der Waals surface area (Å²) >= 11 is 0. The maximum atomic E-state index is 10.9. The SMILES string of the molecule is Cc1cc(N2CCCCC2)c(O)c(N2CCCCC2)c1C. The zero-order valence-electron chi connectivity index (χ0n) is 13.5. The first-order valence-electron chi connectivity index (χ1n) is 8.51. The highest BCUT2D eigenvalue weighted by molar-refractivity contribution is 5.77. The molecule has 2 aliphatic heterocycles. The Morgan fingerprint density at radius 2 is 1.33 bits per heavy atom. The number of hydrogen-bond acceptors (Lipinski definition) is 3. The minimum Gasteiger partial charge on any atom is -0.504 e. The average Bonchev–Trinajstić information content (AvgIpc) is 2.53. The van der Waals surface area contributed by atoms with E-state index in [1.54, 1.807) is 0 Å². The summed E-state index contributed by atoms with van der Waals surface area (Å²) in [6.45, 7) is 8.65. The average molecular weight is 288 g/mol. The van der Waals surface area contributed by atoms with Crippen molar-refractivity contribution in [1.29, 1.82) is 0 Å². The van der Waals surface area contributed by atoms with Crippen molar-refractivity contribution in [3.8, 4) is 5.75 Å². The summed E-state index contributed by atoms with van der Waals surface area (Å²) in [6, 6.07) is 2.18. The molecule has 1 aromatic rings. The Labute approximate surface area is 128 Å². The molecule has 1 N–H and O–H groups in total. The highest BCUT2D eigenvalue weighted by Gasteiger charge is 2.23. The fraction of sp³-hybridized carbons (Fsp3) is 0.667. The van der Waals surface area contributed by atoms with E-state index in [1.807, 2.05) is 0 Å². The molecule has 0 saturated carbocycles. The maximum Gasteiger partial charge on any atom is 0.162 e. The largest absolute Gasteiger partial charge is 0.504 e. The molecule has 116 valence electrons. The minimum atomic E-state index is 0.516. The number of aryl methyl sites for hydroxylation is 1. The zero-order chi connectivity index (χ0) is 14.8. The zero-order valence-corrected chi connectivity index (χ0v) is 13.5. The van der Waals surface area contributed by atoms with Crippen LogP contribution in [0.3, 0.4) is 0 Å². The smallest absolute Gasteiger partial charge is 0.162 e. The molecule has 3 rings (SSSR count). The topological polar surface area (TPSA) is 26.7 Å². The van der Waals surface area contributed by atoms with Gasteiger partial charge in [0.15, 0.2) is 5.75 Å².